The molecule has 0 amide bonds. The zero-order chi connectivity index (χ0) is 15.2. The molecule has 1 unspecified atom stereocenters. The molecule has 2 rings (SSSR count). The molecule has 0 aliphatic carbocycles. The minimum absolute atomic E-state index is 0.0461. The number of rotatable bonds is 7. The standard InChI is InChI=1S/C17H23FN2S/c1-13(2)20(12-16-4-3-11-21-16)10-9-17(19)14-5-7-15(18)8-6-14/h3-8,11,13,17H,9-10,12,19H2,1-2H3. The molecule has 0 bridgehead atoms. The van der Waals surface area contributed by atoms with Crippen LogP contribution in [0.1, 0.15) is 36.8 Å². The lowest BCUT2D eigenvalue weighted by Gasteiger charge is -2.27. The fraction of sp³-hybridized carbons (Fsp3) is 0.412. The summed E-state index contributed by atoms with van der Waals surface area (Å²) in [5, 5.41) is 2.11. The molecular formula is C17H23FN2S. The summed E-state index contributed by atoms with van der Waals surface area (Å²) in [5.74, 6) is -0.215. The van der Waals surface area contributed by atoms with Crippen molar-refractivity contribution in [3.63, 3.8) is 0 Å². The van der Waals surface area contributed by atoms with Gasteiger partial charge in [0.05, 0.1) is 0 Å². The maximum absolute atomic E-state index is 12.9. The van der Waals surface area contributed by atoms with Gasteiger partial charge >= 0.3 is 0 Å². The van der Waals surface area contributed by atoms with Gasteiger partial charge in [-0.15, -0.1) is 11.3 Å². The maximum atomic E-state index is 12.9. The number of nitrogens with zero attached hydrogens (tertiary/aromatic N) is 1. The molecule has 114 valence electrons. The van der Waals surface area contributed by atoms with Crippen LogP contribution in [-0.2, 0) is 6.54 Å². The third kappa shape index (κ3) is 4.92. The highest BCUT2D eigenvalue weighted by atomic mass is 32.1. The van der Waals surface area contributed by atoms with Gasteiger partial charge < -0.3 is 5.73 Å². The molecule has 2 nitrogen and oxygen atoms in total. The third-order valence-corrected chi connectivity index (χ3v) is 4.56. The normalized spacial score (nSPS) is 13.0. The van der Waals surface area contributed by atoms with Crippen LogP contribution >= 0.6 is 11.3 Å². The van der Waals surface area contributed by atoms with Crippen molar-refractivity contribution in [3.05, 3.63) is 58.0 Å². The molecule has 4 heteroatoms. The van der Waals surface area contributed by atoms with Crippen LogP contribution in [0.3, 0.4) is 0 Å². The summed E-state index contributed by atoms with van der Waals surface area (Å²) >= 11 is 1.79. The minimum Gasteiger partial charge on any atom is -0.324 e. The Morgan fingerprint density at radius 3 is 2.48 bits per heavy atom. The molecular weight excluding hydrogens is 283 g/mol. The highest BCUT2D eigenvalue weighted by Crippen LogP contribution is 2.18. The van der Waals surface area contributed by atoms with Gasteiger partial charge in [-0.1, -0.05) is 18.2 Å². The number of halogens is 1. The minimum atomic E-state index is -0.215. The van der Waals surface area contributed by atoms with Gasteiger partial charge in [0.2, 0.25) is 0 Å². The Morgan fingerprint density at radius 1 is 1.19 bits per heavy atom. The van der Waals surface area contributed by atoms with Crippen molar-refractivity contribution >= 4 is 11.3 Å². The fourth-order valence-electron chi connectivity index (χ4n) is 2.30. The summed E-state index contributed by atoms with van der Waals surface area (Å²) in [7, 11) is 0. The Labute approximate surface area is 130 Å². The van der Waals surface area contributed by atoms with Crippen molar-refractivity contribution in [1.82, 2.24) is 4.90 Å². The summed E-state index contributed by atoms with van der Waals surface area (Å²) in [5.41, 5.74) is 7.22. The third-order valence-electron chi connectivity index (χ3n) is 3.69. The van der Waals surface area contributed by atoms with Gasteiger partial charge in [-0.25, -0.2) is 4.39 Å². The Morgan fingerprint density at radius 2 is 1.90 bits per heavy atom. The fourth-order valence-corrected chi connectivity index (χ4v) is 3.03. The van der Waals surface area contributed by atoms with E-state index in [4.69, 9.17) is 5.73 Å². The van der Waals surface area contributed by atoms with Gasteiger partial charge in [-0.2, -0.15) is 0 Å². The summed E-state index contributed by atoms with van der Waals surface area (Å²) in [4.78, 5) is 3.80. The van der Waals surface area contributed by atoms with E-state index in [1.165, 1.54) is 17.0 Å². The van der Waals surface area contributed by atoms with E-state index in [9.17, 15) is 4.39 Å². The van der Waals surface area contributed by atoms with Crippen molar-refractivity contribution in [2.45, 2.75) is 38.9 Å². The van der Waals surface area contributed by atoms with Gasteiger partial charge in [-0.05, 0) is 49.4 Å². The summed E-state index contributed by atoms with van der Waals surface area (Å²) in [6.07, 6.45) is 0.870. The Balaban J connectivity index is 1.90. The van der Waals surface area contributed by atoms with Gasteiger partial charge in [0.1, 0.15) is 5.82 Å². The van der Waals surface area contributed by atoms with E-state index in [1.807, 2.05) is 0 Å². The molecule has 2 N–H and O–H groups in total. The zero-order valence-electron chi connectivity index (χ0n) is 12.6. The van der Waals surface area contributed by atoms with Crippen molar-refractivity contribution in [2.75, 3.05) is 6.54 Å². The van der Waals surface area contributed by atoms with Crippen LogP contribution in [0.15, 0.2) is 41.8 Å². The molecule has 0 fully saturated rings. The number of nitrogens with two attached hydrogens (primary N) is 1. The first-order valence-electron chi connectivity index (χ1n) is 7.33. The molecule has 1 aromatic carbocycles. The predicted octanol–water partition coefficient (Wildman–Crippen LogP) is 4.19. The van der Waals surface area contributed by atoms with Crippen molar-refractivity contribution < 1.29 is 4.39 Å². The first-order chi connectivity index (χ1) is 10.1. The monoisotopic (exact) mass is 306 g/mol. The van der Waals surface area contributed by atoms with Crippen molar-refractivity contribution in [3.8, 4) is 0 Å². The summed E-state index contributed by atoms with van der Waals surface area (Å²) in [6, 6.07) is 11.2. The quantitative estimate of drug-likeness (QED) is 0.831. The molecule has 1 atom stereocenters. The van der Waals surface area contributed by atoms with E-state index in [1.54, 1.807) is 23.5 Å². The Hall–Kier alpha value is -1.23. The molecule has 0 saturated carbocycles. The van der Waals surface area contributed by atoms with Crippen LogP contribution in [0, 0.1) is 5.82 Å². The van der Waals surface area contributed by atoms with Gasteiger partial charge in [0.25, 0.3) is 0 Å². The molecule has 0 aliphatic heterocycles. The highest BCUT2D eigenvalue weighted by molar-refractivity contribution is 7.09. The Bertz CT molecular complexity index is 522. The Kier molecular flexibility index (Phi) is 5.91. The van der Waals surface area contributed by atoms with Gasteiger partial charge in [-0.3, -0.25) is 4.90 Å². The van der Waals surface area contributed by atoms with Crippen LogP contribution in [0.25, 0.3) is 0 Å². The van der Waals surface area contributed by atoms with Crippen molar-refractivity contribution in [2.24, 2.45) is 5.73 Å². The van der Waals surface area contributed by atoms with Crippen LogP contribution in [0.2, 0.25) is 0 Å². The summed E-state index contributed by atoms with van der Waals surface area (Å²) in [6.45, 7) is 6.31. The van der Waals surface area contributed by atoms with E-state index in [0.29, 0.717) is 6.04 Å². The van der Waals surface area contributed by atoms with E-state index in [-0.39, 0.29) is 11.9 Å². The molecule has 21 heavy (non-hydrogen) atoms. The number of hydrogen-bond donors (Lipinski definition) is 1. The molecule has 0 spiro atoms. The maximum Gasteiger partial charge on any atom is 0.123 e. The number of hydrogen-bond acceptors (Lipinski definition) is 3. The smallest absolute Gasteiger partial charge is 0.123 e. The highest BCUT2D eigenvalue weighted by Gasteiger charge is 2.13. The summed E-state index contributed by atoms with van der Waals surface area (Å²) < 4.78 is 12.9. The second-order valence-electron chi connectivity index (χ2n) is 5.59. The van der Waals surface area contributed by atoms with E-state index < -0.39 is 0 Å². The first-order valence-corrected chi connectivity index (χ1v) is 8.21. The predicted molar refractivity (Wildman–Crippen MR) is 87.8 cm³/mol. The largest absolute Gasteiger partial charge is 0.324 e. The second-order valence-corrected chi connectivity index (χ2v) is 6.62. The number of thiophene rings is 1. The van der Waals surface area contributed by atoms with Crippen LogP contribution in [-0.4, -0.2) is 17.5 Å². The van der Waals surface area contributed by atoms with Gasteiger partial charge in [0, 0.05) is 30.1 Å². The van der Waals surface area contributed by atoms with E-state index >= 15 is 0 Å². The lowest BCUT2D eigenvalue weighted by Crippen LogP contribution is -2.32. The second kappa shape index (κ2) is 7.69. The number of benzene rings is 1. The topological polar surface area (TPSA) is 29.3 Å². The van der Waals surface area contributed by atoms with Gasteiger partial charge in [0.15, 0.2) is 0 Å². The lowest BCUT2D eigenvalue weighted by molar-refractivity contribution is 0.207. The van der Waals surface area contributed by atoms with E-state index in [2.05, 4.69) is 36.3 Å². The first kappa shape index (κ1) is 16.1. The lowest BCUT2D eigenvalue weighted by atomic mass is 10.0. The molecule has 0 radical (unpaired) electrons. The average molecular weight is 306 g/mol. The zero-order valence-corrected chi connectivity index (χ0v) is 13.4. The SMILES string of the molecule is CC(C)N(CCC(N)c1ccc(F)cc1)Cc1cccs1. The molecule has 2 aromatic rings. The van der Waals surface area contributed by atoms with Crippen LogP contribution in [0.4, 0.5) is 4.39 Å². The average Bonchev–Trinajstić information content (AvgIpc) is 2.96. The van der Waals surface area contributed by atoms with Crippen LogP contribution < -0.4 is 5.73 Å². The molecule has 1 aromatic heterocycles. The van der Waals surface area contributed by atoms with E-state index in [0.717, 1.165) is 25.1 Å². The molecule has 0 aliphatic rings. The van der Waals surface area contributed by atoms with Crippen molar-refractivity contribution in [1.29, 1.82) is 0 Å². The molecule has 0 saturated heterocycles. The molecule has 1 heterocycles. The van der Waals surface area contributed by atoms with Crippen LogP contribution in [0.5, 0.6) is 0 Å².